The zero-order valence-corrected chi connectivity index (χ0v) is 16.5. The van der Waals surface area contributed by atoms with Gasteiger partial charge in [-0.15, -0.1) is 0 Å². The molecule has 0 aromatic heterocycles. The van der Waals surface area contributed by atoms with E-state index in [1.54, 1.807) is 25.3 Å². The zero-order chi connectivity index (χ0) is 19.1. The van der Waals surface area contributed by atoms with Crippen LogP contribution in [-0.4, -0.2) is 19.6 Å². The van der Waals surface area contributed by atoms with Gasteiger partial charge in [0, 0.05) is 5.56 Å². The molecule has 1 N–H and O–H groups in total. The van der Waals surface area contributed by atoms with E-state index < -0.39 is 0 Å². The van der Waals surface area contributed by atoms with E-state index >= 15 is 0 Å². The van der Waals surface area contributed by atoms with Gasteiger partial charge in [0.25, 0.3) is 5.91 Å². The first-order valence-corrected chi connectivity index (χ1v) is 9.19. The minimum atomic E-state index is -0.156. The fourth-order valence-electron chi connectivity index (χ4n) is 2.74. The maximum Gasteiger partial charge on any atom is 0.251 e. The van der Waals surface area contributed by atoms with Crippen molar-refractivity contribution < 1.29 is 14.3 Å². The number of halogens is 1. The average molecular weight is 376 g/mol. The van der Waals surface area contributed by atoms with Crippen molar-refractivity contribution in [2.45, 2.75) is 33.2 Å². The molecule has 0 bridgehead atoms. The van der Waals surface area contributed by atoms with Crippen LogP contribution in [0.1, 0.15) is 49.2 Å². The van der Waals surface area contributed by atoms with Gasteiger partial charge in [-0.3, -0.25) is 4.79 Å². The summed E-state index contributed by atoms with van der Waals surface area (Å²) in [5.41, 5.74) is 1.56. The second-order valence-electron chi connectivity index (χ2n) is 6.51. The van der Waals surface area contributed by atoms with Gasteiger partial charge in [-0.2, -0.15) is 0 Å². The number of methoxy groups -OCH3 is 1. The van der Waals surface area contributed by atoms with E-state index in [1.165, 1.54) is 0 Å². The molecule has 2 aromatic rings. The van der Waals surface area contributed by atoms with E-state index in [-0.39, 0.29) is 11.9 Å². The Kier molecular flexibility index (Phi) is 7.34. The molecule has 0 aliphatic rings. The summed E-state index contributed by atoms with van der Waals surface area (Å²) in [5.74, 6) is 1.66. The first kappa shape index (κ1) is 20.1. The van der Waals surface area contributed by atoms with Crippen LogP contribution in [0.5, 0.6) is 11.5 Å². The number of rotatable bonds is 8. The molecule has 2 rings (SSSR count). The molecule has 0 aliphatic carbocycles. The Labute approximate surface area is 160 Å². The summed E-state index contributed by atoms with van der Waals surface area (Å²) in [7, 11) is 1.64. The van der Waals surface area contributed by atoms with Crippen molar-refractivity contribution in [2.75, 3.05) is 13.7 Å². The SMILES string of the molecule is CCOc1ccc(C(=O)N[C@@H](CC(C)C)c2ccc(OC)cc2)cc1Cl. The van der Waals surface area contributed by atoms with Gasteiger partial charge in [0.15, 0.2) is 0 Å². The highest BCUT2D eigenvalue weighted by atomic mass is 35.5. The van der Waals surface area contributed by atoms with Crippen molar-refractivity contribution in [1.29, 1.82) is 0 Å². The van der Waals surface area contributed by atoms with E-state index in [4.69, 9.17) is 21.1 Å². The van der Waals surface area contributed by atoms with Gasteiger partial charge in [0.1, 0.15) is 11.5 Å². The molecule has 2 aromatic carbocycles. The molecule has 0 saturated heterocycles. The monoisotopic (exact) mass is 375 g/mol. The lowest BCUT2D eigenvalue weighted by molar-refractivity contribution is 0.0932. The van der Waals surface area contributed by atoms with Gasteiger partial charge in [-0.1, -0.05) is 37.6 Å². The van der Waals surface area contributed by atoms with Crippen LogP contribution in [0.2, 0.25) is 5.02 Å². The molecular formula is C21H26ClNO3. The lowest BCUT2D eigenvalue weighted by Crippen LogP contribution is -2.29. The highest BCUT2D eigenvalue weighted by Crippen LogP contribution is 2.27. The van der Waals surface area contributed by atoms with Gasteiger partial charge < -0.3 is 14.8 Å². The number of carbonyl (C=O) groups excluding carboxylic acids is 1. The molecule has 4 nitrogen and oxygen atoms in total. The van der Waals surface area contributed by atoms with Gasteiger partial charge in [-0.25, -0.2) is 0 Å². The fraction of sp³-hybridized carbons (Fsp3) is 0.381. The number of hydrogen-bond donors (Lipinski definition) is 1. The molecule has 0 unspecified atom stereocenters. The summed E-state index contributed by atoms with van der Waals surface area (Å²) >= 11 is 6.20. The molecule has 5 heteroatoms. The third-order valence-corrected chi connectivity index (χ3v) is 4.32. The minimum Gasteiger partial charge on any atom is -0.497 e. The summed E-state index contributed by atoms with van der Waals surface area (Å²) in [6.07, 6.45) is 0.836. The van der Waals surface area contributed by atoms with Crippen LogP contribution in [0.25, 0.3) is 0 Å². The number of ether oxygens (including phenoxy) is 2. The molecular weight excluding hydrogens is 350 g/mol. The van der Waals surface area contributed by atoms with Crippen LogP contribution in [0.3, 0.4) is 0 Å². The standard InChI is InChI=1S/C21H26ClNO3/c1-5-26-20-11-8-16(13-18(20)22)21(24)23-19(12-14(2)3)15-6-9-17(25-4)10-7-15/h6-11,13-14,19H,5,12H2,1-4H3,(H,23,24)/t19-/m0/s1. The smallest absolute Gasteiger partial charge is 0.251 e. The Morgan fingerprint density at radius 1 is 1.15 bits per heavy atom. The van der Waals surface area contributed by atoms with Crippen LogP contribution in [0.4, 0.5) is 0 Å². The van der Waals surface area contributed by atoms with Crippen LogP contribution in [0, 0.1) is 5.92 Å². The first-order chi connectivity index (χ1) is 12.4. The molecule has 0 spiro atoms. The van der Waals surface area contributed by atoms with Gasteiger partial charge in [0.05, 0.1) is 24.8 Å². The predicted octanol–water partition coefficient (Wildman–Crippen LogP) is 5.26. The number of hydrogen-bond acceptors (Lipinski definition) is 3. The lowest BCUT2D eigenvalue weighted by atomic mass is 9.96. The second kappa shape index (κ2) is 9.48. The van der Waals surface area contributed by atoms with Crippen molar-refractivity contribution in [3.05, 3.63) is 58.6 Å². The van der Waals surface area contributed by atoms with E-state index in [2.05, 4.69) is 19.2 Å². The topological polar surface area (TPSA) is 47.6 Å². The Balaban J connectivity index is 2.18. The highest BCUT2D eigenvalue weighted by molar-refractivity contribution is 6.32. The molecule has 0 fully saturated rings. The number of nitrogens with one attached hydrogen (secondary N) is 1. The largest absolute Gasteiger partial charge is 0.497 e. The Hall–Kier alpha value is -2.20. The van der Waals surface area contributed by atoms with E-state index in [0.717, 1.165) is 17.7 Å². The van der Waals surface area contributed by atoms with Gasteiger partial charge in [0.2, 0.25) is 0 Å². The third kappa shape index (κ3) is 5.40. The van der Waals surface area contributed by atoms with Crippen LogP contribution in [0.15, 0.2) is 42.5 Å². The Bertz CT molecular complexity index is 729. The molecule has 1 amide bonds. The normalized spacial score (nSPS) is 11.9. The quantitative estimate of drug-likeness (QED) is 0.684. The van der Waals surface area contributed by atoms with Crippen LogP contribution < -0.4 is 14.8 Å². The van der Waals surface area contributed by atoms with E-state index in [0.29, 0.717) is 28.9 Å². The maximum absolute atomic E-state index is 12.7. The third-order valence-electron chi connectivity index (χ3n) is 4.02. The average Bonchev–Trinajstić information content (AvgIpc) is 2.62. The van der Waals surface area contributed by atoms with Crippen LogP contribution >= 0.6 is 11.6 Å². The molecule has 1 atom stereocenters. The second-order valence-corrected chi connectivity index (χ2v) is 6.91. The van der Waals surface area contributed by atoms with Crippen molar-refractivity contribution in [1.82, 2.24) is 5.32 Å². The lowest BCUT2D eigenvalue weighted by Gasteiger charge is -2.21. The van der Waals surface area contributed by atoms with E-state index in [1.807, 2.05) is 31.2 Å². The van der Waals surface area contributed by atoms with Gasteiger partial charge >= 0.3 is 0 Å². The molecule has 0 radical (unpaired) electrons. The molecule has 26 heavy (non-hydrogen) atoms. The van der Waals surface area contributed by atoms with Crippen molar-refractivity contribution in [3.8, 4) is 11.5 Å². The molecule has 140 valence electrons. The van der Waals surface area contributed by atoms with E-state index in [9.17, 15) is 4.79 Å². The van der Waals surface area contributed by atoms with Gasteiger partial charge in [-0.05, 0) is 55.2 Å². The summed E-state index contributed by atoms with van der Waals surface area (Å²) < 4.78 is 10.6. The zero-order valence-electron chi connectivity index (χ0n) is 15.7. The molecule has 0 aliphatic heterocycles. The first-order valence-electron chi connectivity index (χ1n) is 8.81. The molecule has 0 heterocycles. The van der Waals surface area contributed by atoms with Crippen molar-refractivity contribution in [3.63, 3.8) is 0 Å². The number of carbonyl (C=O) groups is 1. The minimum absolute atomic E-state index is 0.0845. The van der Waals surface area contributed by atoms with Crippen molar-refractivity contribution >= 4 is 17.5 Å². The van der Waals surface area contributed by atoms with Crippen molar-refractivity contribution in [2.24, 2.45) is 5.92 Å². The Morgan fingerprint density at radius 3 is 2.38 bits per heavy atom. The number of benzene rings is 2. The summed E-state index contributed by atoms with van der Waals surface area (Å²) in [4.78, 5) is 12.7. The number of amides is 1. The summed E-state index contributed by atoms with van der Waals surface area (Å²) in [6.45, 7) is 6.69. The highest BCUT2D eigenvalue weighted by Gasteiger charge is 2.18. The Morgan fingerprint density at radius 2 is 1.85 bits per heavy atom. The summed E-state index contributed by atoms with van der Waals surface area (Å²) in [6, 6.07) is 12.8. The maximum atomic E-state index is 12.7. The molecule has 0 saturated carbocycles. The fourth-order valence-corrected chi connectivity index (χ4v) is 2.98. The van der Waals surface area contributed by atoms with Crippen LogP contribution in [-0.2, 0) is 0 Å². The summed E-state index contributed by atoms with van der Waals surface area (Å²) in [5, 5.41) is 3.55. The predicted molar refractivity (Wildman–Crippen MR) is 105 cm³/mol.